The number of benzene rings is 2. The highest BCUT2D eigenvalue weighted by Crippen LogP contribution is 2.22. The lowest BCUT2D eigenvalue weighted by atomic mass is 10.0. The number of amides is 3. The van der Waals surface area contributed by atoms with Crippen molar-refractivity contribution < 1.29 is 48.8 Å². The zero-order valence-electron chi connectivity index (χ0n) is 35.6. The van der Waals surface area contributed by atoms with E-state index in [-0.39, 0.29) is 57.7 Å². The molecule has 0 radical (unpaired) electrons. The van der Waals surface area contributed by atoms with Crippen LogP contribution < -0.4 is 10.6 Å². The summed E-state index contributed by atoms with van der Waals surface area (Å²) in [5.41, 5.74) is 3.68. The number of hydrogen-bond acceptors (Lipinski definition) is 11. The maximum Gasteiger partial charge on any atom is 0.407 e. The highest BCUT2D eigenvalue weighted by molar-refractivity contribution is 5.90. The Morgan fingerprint density at radius 3 is 1.36 bits per heavy atom. The highest BCUT2D eigenvalue weighted by atomic mass is 16.7. The van der Waals surface area contributed by atoms with Crippen LogP contribution in [0.5, 0.6) is 0 Å². The molecular formula is C44H67N7O10. The summed E-state index contributed by atoms with van der Waals surface area (Å²) in [6.07, 6.45) is 4.32. The van der Waals surface area contributed by atoms with E-state index in [1.807, 2.05) is 48.5 Å². The number of carbonyl (C=O) groups excluding carboxylic acids is 3. The second kappa shape index (κ2) is 23.9. The first-order valence-electron chi connectivity index (χ1n) is 19.1. The summed E-state index contributed by atoms with van der Waals surface area (Å²) in [4.78, 5) is 61.0. The number of rotatable bonds is 15. The van der Waals surface area contributed by atoms with Crippen molar-refractivity contribution in [2.75, 3.05) is 27.4 Å². The van der Waals surface area contributed by atoms with Crippen molar-refractivity contribution in [3.63, 3.8) is 0 Å². The van der Waals surface area contributed by atoms with Crippen LogP contribution in [0.2, 0.25) is 0 Å². The lowest BCUT2D eigenvalue weighted by Gasteiger charge is -2.23. The van der Waals surface area contributed by atoms with Crippen LogP contribution in [-0.4, -0.2) is 114 Å². The van der Waals surface area contributed by atoms with E-state index in [9.17, 15) is 29.4 Å². The Bertz CT molecular complexity index is 2000. The SMILES string of the molecule is C.C.CON(C)C(=O)c1nc(-c2ccc(C[C@H](CCO)NC(=O)OC(C)(C)C)cc2)cn1C.Cn1cc(-c2ccc(C[C@H](CCO)NC(=O)OC(C)(C)C)cc2)nc1C(=O)O. The average Bonchev–Trinajstić information content (AvgIpc) is 3.73. The van der Waals surface area contributed by atoms with Gasteiger partial charge in [-0.15, -0.1) is 0 Å². The Morgan fingerprint density at radius 1 is 0.689 bits per heavy atom. The molecule has 0 saturated heterocycles. The Hall–Kier alpha value is -5.78. The van der Waals surface area contributed by atoms with Gasteiger partial charge in [-0.25, -0.2) is 29.4 Å². The van der Waals surface area contributed by atoms with Gasteiger partial charge in [-0.05, 0) is 78.4 Å². The normalized spacial score (nSPS) is 12.0. The van der Waals surface area contributed by atoms with Gasteiger partial charge in [0.25, 0.3) is 0 Å². The number of imidazole rings is 2. The van der Waals surface area contributed by atoms with E-state index in [1.165, 1.54) is 18.7 Å². The maximum absolute atomic E-state index is 12.3. The van der Waals surface area contributed by atoms with Crippen LogP contribution in [-0.2, 0) is 41.2 Å². The van der Waals surface area contributed by atoms with Crippen LogP contribution in [0, 0.1) is 0 Å². The van der Waals surface area contributed by atoms with Gasteiger partial charge in [0.05, 0.1) is 18.5 Å². The number of hydrogen-bond donors (Lipinski definition) is 5. The van der Waals surface area contributed by atoms with Crippen molar-refractivity contribution in [2.45, 2.75) is 105 Å². The molecule has 0 fully saturated rings. The Balaban J connectivity index is 0.000000593. The summed E-state index contributed by atoms with van der Waals surface area (Å²) in [7, 11) is 6.33. The molecule has 5 N–H and O–H groups in total. The molecule has 17 nitrogen and oxygen atoms in total. The second-order valence-electron chi connectivity index (χ2n) is 15.9. The third-order valence-corrected chi connectivity index (χ3v) is 8.56. The Labute approximate surface area is 360 Å². The molecule has 2 atom stereocenters. The molecule has 2 aromatic carbocycles. The fourth-order valence-corrected chi connectivity index (χ4v) is 5.73. The number of hydroxylamine groups is 2. The van der Waals surface area contributed by atoms with Crippen LogP contribution in [0.15, 0.2) is 60.9 Å². The van der Waals surface area contributed by atoms with Gasteiger partial charge in [0, 0.05) is 70.0 Å². The van der Waals surface area contributed by atoms with E-state index in [2.05, 4.69) is 20.6 Å². The van der Waals surface area contributed by atoms with Crippen LogP contribution in [0.1, 0.15) is 102 Å². The van der Waals surface area contributed by atoms with Gasteiger partial charge in [-0.3, -0.25) is 9.63 Å². The summed E-state index contributed by atoms with van der Waals surface area (Å²) < 4.78 is 13.7. The van der Waals surface area contributed by atoms with Gasteiger partial charge >= 0.3 is 24.1 Å². The number of aliphatic hydroxyl groups is 2. The molecule has 0 unspecified atom stereocenters. The van der Waals surface area contributed by atoms with Gasteiger partial charge in [0.1, 0.15) is 11.2 Å². The van der Waals surface area contributed by atoms with Crippen molar-refractivity contribution in [3.8, 4) is 22.5 Å². The molecule has 0 aliphatic rings. The fourth-order valence-electron chi connectivity index (χ4n) is 5.73. The predicted molar refractivity (Wildman–Crippen MR) is 234 cm³/mol. The topological polar surface area (TPSA) is 220 Å². The molecule has 2 heterocycles. The number of carboxylic acid groups (broad SMARTS) is 1. The number of aliphatic hydroxyl groups excluding tert-OH is 2. The minimum Gasteiger partial charge on any atom is -0.475 e. The van der Waals surface area contributed by atoms with E-state index < -0.39 is 29.4 Å². The Morgan fingerprint density at radius 2 is 1.05 bits per heavy atom. The first-order valence-corrected chi connectivity index (χ1v) is 19.1. The molecule has 0 spiro atoms. The Kier molecular flexibility index (Phi) is 20.8. The highest BCUT2D eigenvalue weighted by Gasteiger charge is 2.22. The molecule has 17 heteroatoms. The van der Waals surface area contributed by atoms with Gasteiger partial charge in [-0.2, -0.15) is 0 Å². The standard InChI is InChI=1S/C22H32N4O5.C20H27N3O5.2CH4/c1-22(2,3)31-21(29)23-17(11-12-27)13-15-7-9-16(10-8-15)18-14-25(4)19(24-18)20(28)26(5)30-6;1-20(2,3)28-19(27)21-15(9-10-24)11-13-5-7-14(8-6-13)16-12-23(4)17(22-16)18(25)26;;/h7-10,14,17,27H,11-13H2,1-6H3,(H,23,29);5-8,12,15,24H,9-11H2,1-4H3,(H,21,27)(H,25,26);2*1H4/t17-;15-;;/m00../s1. The third kappa shape index (κ3) is 17.4. The number of aryl methyl sites for hydroxylation is 2. The second-order valence-corrected chi connectivity index (χ2v) is 15.9. The van der Waals surface area contributed by atoms with Crippen molar-refractivity contribution in [3.05, 3.63) is 83.7 Å². The molecule has 338 valence electrons. The smallest absolute Gasteiger partial charge is 0.407 e. The number of carbonyl (C=O) groups is 4. The molecule has 4 aromatic rings. The quantitative estimate of drug-likeness (QED) is 0.0819. The maximum atomic E-state index is 12.3. The van der Waals surface area contributed by atoms with E-state index in [0.717, 1.165) is 27.3 Å². The summed E-state index contributed by atoms with van der Waals surface area (Å²) >= 11 is 0. The molecule has 0 bridgehead atoms. The molecule has 0 saturated carbocycles. The summed E-state index contributed by atoms with van der Waals surface area (Å²) in [5.74, 6) is -1.17. The van der Waals surface area contributed by atoms with Crippen LogP contribution in [0.25, 0.3) is 22.5 Å². The lowest BCUT2D eigenvalue weighted by molar-refractivity contribution is -0.0766. The van der Waals surface area contributed by atoms with E-state index in [0.29, 0.717) is 37.1 Å². The van der Waals surface area contributed by atoms with E-state index >= 15 is 0 Å². The molecule has 3 amide bonds. The number of aromatic nitrogens is 4. The minimum atomic E-state index is -1.08. The van der Waals surface area contributed by atoms with Crippen molar-refractivity contribution >= 4 is 24.1 Å². The summed E-state index contributed by atoms with van der Waals surface area (Å²) in [6, 6.07) is 14.7. The molecule has 61 heavy (non-hydrogen) atoms. The number of nitrogens with zero attached hydrogens (tertiary/aromatic N) is 5. The average molecular weight is 854 g/mol. The van der Waals surface area contributed by atoms with E-state index in [4.69, 9.17) is 19.4 Å². The number of carboxylic acids is 1. The summed E-state index contributed by atoms with van der Waals surface area (Å²) in [6.45, 7) is 10.7. The number of aromatic carboxylic acids is 1. The summed E-state index contributed by atoms with van der Waals surface area (Å²) in [5, 5.41) is 34.5. The molecule has 0 aliphatic heterocycles. The monoisotopic (exact) mass is 853 g/mol. The molecular weight excluding hydrogens is 787 g/mol. The van der Waals surface area contributed by atoms with Crippen molar-refractivity contribution in [2.24, 2.45) is 14.1 Å². The molecule has 0 aliphatic carbocycles. The van der Waals surface area contributed by atoms with Gasteiger partial charge in [-0.1, -0.05) is 63.4 Å². The van der Waals surface area contributed by atoms with Crippen molar-refractivity contribution in [1.82, 2.24) is 34.8 Å². The van der Waals surface area contributed by atoms with Gasteiger partial charge in [0.2, 0.25) is 11.6 Å². The van der Waals surface area contributed by atoms with E-state index in [1.54, 1.807) is 72.6 Å². The number of alkyl carbamates (subject to hydrolysis) is 2. The number of nitrogens with one attached hydrogen (secondary N) is 2. The van der Waals surface area contributed by atoms with Crippen LogP contribution in [0.3, 0.4) is 0 Å². The van der Waals surface area contributed by atoms with Crippen LogP contribution in [0.4, 0.5) is 9.59 Å². The predicted octanol–water partition coefficient (Wildman–Crippen LogP) is 6.41. The lowest BCUT2D eigenvalue weighted by Crippen LogP contribution is -2.40. The third-order valence-electron chi connectivity index (χ3n) is 8.56. The van der Waals surface area contributed by atoms with Gasteiger partial charge in [0.15, 0.2) is 0 Å². The van der Waals surface area contributed by atoms with Crippen molar-refractivity contribution in [1.29, 1.82) is 0 Å². The molecule has 4 rings (SSSR count). The fraction of sp³-hybridized carbons (Fsp3) is 0.500. The van der Waals surface area contributed by atoms with Crippen LogP contribution >= 0.6 is 0 Å². The first kappa shape index (κ1) is 53.2. The first-order chi connectivity index (χ1) is 27.6. The minimum absolute atomic E-state index is 0. The zero-order chi connectivity index (χ0) is 44.1. The van der Waals surface area contributed by atoms with Gasteiger partial charge < -0.3 is 44.6 Å². The largest absolute Gasteiger partial charge is 0.475 e. The zero-order valence-corrected chi connectivity index (χ0v) is 35.6. The molecule has 2 aromatic heterocycles. The number of ether oxygens (including phenoxy) is 2.